The lowest BCUT2D eigenvalue weighted by molar-refractivity contribution is -0.144. The third kappa shape index (κ3) is 4.49. The van der Waals surface area contributed by atoms with Crippen LogP contribution >= 0.6 is 0 Å². The van der Waals surface area contributed by atoms with Crippen molar-refractivity contribution >= 4 is 11.8 Å². The predicted octanol–water partition coefficient (Wildman–Crippen LogP) is 2.27. The number of fused-ring (bicyclic) bond motifs is 1. The molecule has 1 saturated heterocycles. The summed E-state index contributed by atoms with van der Waals surface area (Å²) < 4.78 is 1.91. The summed E-state index contributed by atoms with van der Waals surface area (Å²) in [4.78, 5) is 27.5. The van der Waals surface area contributed by atoms with Crippen molar-refractivity contribution in [1.29, 1.82) is 0 Å². The van der Waals surface area contributed by atoms with E-state index in [1.54, 1.807) is 6.20 Å². The minimum atomic E-state index is -0.900. The van der Waals surface area contributed by atoms with Crippen LogP contribution in [-0.4, -0.2) is 56.8 Å². The molecule has 0 spiro atoms. The van der Waals surface area contributed by atoms with E-state index in [0.717, 1.165) is 63.6 Å². The number of aliphatic hydroxyl groups is 1. The zero-order chi connectivity index (χ0) is 20.2. The van der Waals surface area contributed by atoms with Crippen molar-refractivity contribution in [2.24, 2.45) is 5.92 Å². The molecule has 1 aromatic heterocycles. The highest BCUT2D eigenvalue weighted by Crippen LogP contribution is 2.28. The molecule has 0 radical (unpaired) electrons. The summed E-state index contributed by atoms with van der Waals surface area (Å²) in [5.74, 6) is -0.166. The molecule has 2 unspecified atom stereocenters. The monoisotopic (exact) mass is 402 g/mol. The number of rotatable bonds is 5. The van der Waals surface area contributed by atoms with Crippen LogP contribution in [0.4, 0.5) is 0 Å². The first-order chi connectivity index (χ1) is 14.1. The van der Waals surface area contributed by atoms with Gasteiger partial charge in [-0.3, -0.25) is 14.3 Å². The van der Waals surface area contributed by atoms with Crippen LogP contribution in [0.1, 0.15) is 80.3 Å². The Balaban J connectivity index is 1.33. The van der Waals surface area contributed by atoms with Gasteiger partial charge in [0.05, 0.1) is 17.5 Å². The molecule has 3 aliphatic rings. The highest BCUT2D eigenvalue weighted by molar-refractivity contribution is 5.95. The van der Waals surface area contributed by atoms with Crippen molar-refractivity contribution in [3.63, 3.8) is 0 Å². The van der Waals surface area contributed by atoms with Crippen molar-refractivity contribution in [1.82, 2.24) is 20.0 Å². The summed E-state index contributed by atoms with van der Waals surface area (Å²) >= 11 is 0. The lowest BCUT2D eigenvalue weighted by Crippen LogP contribution is -2.48. The van der Waals surface area contributed by atoms with Crippen molar-refractivity contribution in [2.75, 3.05) is 13.1 Å². The van der Waals surface area contributed by atoms with E-state index in [-0.39, 0.29) is 23.8 Å². The van der Waals surface area contributed by atoms with Crippen molar-refractivity contribution < 1.29 is 14.7 Å². The quantitative estimate of drug-likeness (QED) is 0.791. The number of nitrogens with one attached hydrogen (secondary N) is 1. The molecule has 7 heteroatoms. The predicted molar refractivity (Wildman–Crippen MR) is 109 cm³/mol. The molecule has 0 bridgehead atoms. The number of amides is 2. The first kappa shape index (κ1) is 20.4. The van der Waals surface area contributed by atoms with Gasteiger partial charge in [-0.15, -0.1) is 0 Å². The van der Waals surface area contributed by atoms with Crippen LogP contribution in [0, 0.1) is 5.92 Å². The second-order valence-corrected chi connectivity index (χ2v) is 8.92. The molecule has 2 amide bonds. The molecular formula is C22H34N4O3. The lowest BCUT2D eigenvalue weighted by atomic mass is 9.86. The average molecular weight is 403 g/mol. The van der Waals surface area contributed by atoms with E-state index in [9.17, 15) is 14.7 Å². The molecule has 7 nitrogen and oxygen atoms in total. The van der Waals surface area contributed by atoms with Crippen LogP contribution in [0.25, 0.3) is 0 Å². The minimum Gasteiger partial charge on any atom is -0.383 e. The number of hydrogen-bond donors (Lipinski definition) is 2. The summed E-state index contributed by atoms with van der Waals surface area (Å²) in [5.41, 5.74) is 1.68. The summed E-state index contributed by atoms with van der Waals surface area (Å²) in [5, 5.41) is 18.1. The number of carbonyl (C=O) groups excluding carboxylic acids is 2. The van der Waals surface area contributed by atoms with Gasteiger partial charge >= 0.3 is 0 Å². The van der Waals surface area contributed by atoms with Gasteiger partial charge < -0.3 is 15.3 Å². The summed E-state index contributed by atoms with van der Waals surface area (Å²) in [6, 6.07) is -0.0294. The summed E-state index contributed by atoms with van der Waals surface area (Å²) in [6.07, 6.45) is 12.2. The molecule has 1 aliphatic carbocycles. The second-order valence-electron chi connectivity index (χ2n) is 8.92. The normalized spacial score (nSPS) is 24.0. The van der Waals surface area contributed by atoms with E-state index in [0.29, 0.717) is 18.7 Å². The zero-order valence-corrected chi connectivity index (χ0v) is 17.3. The van der Waals surface area contributed by atoms with Crippen LogP contribution in [0.15, 0.2) is 6.20 Å². The van der Waals surface area contributed by atoms with Crippen molar-refractivity contribution in [3.05, 3.63) is 17.5 Å². The smallest absolute Gasteiger partial charge is 0.254 e. The van der Waals surface area contributed by atoms with Crippen LogP contribution in [0.3, 0.4) is 0 Å². The maximum atomic E-state index is 13.0. The summed E-state index contributed by atoms with van der Waals surface area (Å²) in [7, 11) is 0. The summed E-state index contributed by atoms with van der Waals surface area (Å²) in [6.45, 7) is 1.99. The fraction of sp³-hybridized carbons (Fsp3) is 0.773. The SMILES string of the molecule is O=C(NCC1CCCN1C(=O)C(O)C1CCCCCCC1)c1cnn2c1CCC2. The van der Waals surface area contributed by atoms with E-state index in [4.69, 9.17) is 0 Å². The molecule has 2 atom stereocenters. The number of hydrogen-bond acceptors (Lipinski definition) is 4. The number of aliphatic hydroxyl groups excluding tert-OH is 1. The van der Waals surface area contributed by atoms with Gasteiger partial charge in [-0.1, -0.05) is 32.1 Å². The fourth-order valence-corrected chi connectivity index (χ4v) is 5.27. The zero-order valence-electron chi connectivity index (χ0n) is 17.3. The maximum absolute atomic E-state index is 13.0. The molecule has 3 heterocycles. The number of aryl methyl sites for hydroxylation is 1. The third-order valence-corrected chi connectivity index (χ3v) is 6.98. The van der Waals surface area contributed by atoms with E-state index < -0.39 is 6.10 Å². The Morgan fingerprint density at radius 1 is 1.07 bits per heavy atom. The molecule has 0 aromatic carbocycles. The minimum absolute atomic E-state index is 0.0294. The van der Waals surface area contributed by atoms with Gasteiger partial charge in [-0.25, -0.2) is 0 Å². The Morgan fingerprint density at radius 3 is 2.62 bits per heavy atom. The molecule has 1 aromatic rings. The molecule has 2 N–H and O–H groups in total. The van der Waals surface area contributed by atoms with Gasteiger partial charge in [0.15, 0.2) is 0 Å². The molecule has 2 aliphatic heterocycles. The van der Waals surface area contributed by atoms with Crippen molar-refractivity contribution in [2.45, 2.75) is 89.3 Å². The number of aromatic nitrogens is 2. The fourth-order valence-electron chi connectivity index (χ4n) is 5.27. The molecule has 160 valence electrons. The topological polar surface area (TPSA) is 87.5 Å². The Hall–Kier alpha value is -1.89. The first-order valence-electron chi connectivity index (χ1n) is 11.5. The van der Waals surface area contributed by atoms with Gasteiger partial charge in [-0.2, -0.15) is 5.10 Å². The maximum Gasteiger partial charge on any atom is 0.254 e. The van der Waals surface area contributed by atoms with Gasteiger partial charge in [0.25, 0.3) is 11.8 Å². The average Bonchev–Trinajstić information content (AvgIpc) is 3.41. The van der Waals surface area contributed by atoms with Crippen molar-refractivity contribution in [3.8, 4) is 0 Å². The van der Waals surface area contributed by atoms with Gasteiger partial charge in [0.2, 0.25) is 0 Å². The second kappa shape index (κ2) is 9.28. The highest BCUT2D eigenvalue weighted by Gasteiger charge is 2.36. The van der Waals surface area contributed by atoms with Gasteiger partial charge in [-0.05, 0) is 44.4 Å². The number of carbonyl (C=O) groups is 2. The standard InChI is InChI=1S/C22H34N4O3/c27-20(16-8-4-2-1-3-5-9-16)22(29)25-12-6-10-17(25)14-23-21(28)18-15-24-26-13-7-11-19(18)26/h15-17,20,27H,1-14H2,(H,23,28). The van der Waals surface area contributed by atoms with Crippen LogP contribution in [0.5, 0.6) is 0 Å². The van der Waals surface area contributed by atoms with Crippen LogP contribution in [0.2, 0.25) is 0 Å². The Morgan fingerprint density at radius 2 is 1.83 bits per heavy atom. The largest absolute Gasteiger partial charge is 0.383 e. The number of nitrogens with zero attached hydrogens (tertiary/aromatic N) is 3. The first-order valence-corrected chi connectivity index (χ1v) is 11.5. The molecule has 4 rings (SSSR count). The Labute approximate surface area is 172 Å². The van der Waals surface area contributed by atoms with Gasteiger partial charge in [0.1, 0.15) is 6.10 Å². The van der Waals surface area contributed by atoms with Crippen LogP contribution < -0.4 is 5.32 Å². The highest BCUT2D eigenvalue weighted by atomic mass is 16.3. The van der Waals surface area contributed by atoms with E-state index in [2.05, 4.69) is 10.4 Å². The Kier molecular flexibility index (Phi) is 6.53. The molecule has 1 saturated carbocycles. The number of likely N-dealkylation sites (tertiary alicyclic amines) is 1. The molecule has 2 fully saturated rings. The lowest BCUT2D eigenvalue weighted by Gasteiger charge is -2.31. The van der Waals surface area contributed by atoms with Gasteiger partial charge in [0, 0.05) is 25.7 Å². The third-order valence-electron chi connectivity index (χ3n) is 6.98. The Bertz CT molecular complexity index is 724. The van der Waals surface area contributed by atoms with E-state index in [1.165, 1.54) is 19.3 Å². The van der Waals surface area contributed by atoms with Crippen LogP contribution in [-0.2, 0) is 17.8 Å². The molecular weight excluding hydrogens is 368 g/mol. The van der Waals surface area contributed by atoms with E-state index in [1.807, 2.05) is 9.58 Å². The molecule has 29 heavy (non-hydrogen) atoms. The van der Waals surface area contributed by atoms with E-state index >= 15 is 0 Å².